The van der Waals surface area contributed by atoms with Crippen molar-refractivity contribution in [2.45, 2.75) is 50.1 Å². The van der Waals surface area contributed by atoms with Crippen LogP contribution in [0.4, 0.5) is 5.69 Å². The van der Waals surface area contributed by atoms with Crippen LogP contribution in [0.3, 0.4) is 0 Å². The first-order valence-electron chi connectivity index (χ1n) is 9.66. The molecule has 0 atom stereocenters. The average Bonchev–Trinajstić information content (AvgIpc) is 3.46. The van der Waals surface area contributed by atoms with Crippen molar-refractivity contribution in [1.29, 1.82) is 0 Å². The van der Waals surface area contributed by atoms with Crippen molar-refractivity contribution in [2.75, 3.05) is 18.1 Å². The third-order valence-electron chi connectivity index (χ3n) is 5.00. The number of anilines is 1. The molecule has 1 N–H and O–H groups in total. The summed E-state index contributed by atoms with van der Waals surface area (Å²) in [5, 5.41) is 2.78. The molecule has 0 spiro atoms. The molecule has 1 aliphatic carbocycles. The lowest BCUT2D eigenvalue weighted by molar-refractivity contribution is -0.117. The lowest BCUT2D eigenvalue weighted by Gasteiger charge is -2.22. The number of para-hydroxylation sites is 1. The summed E-state index contributed by atoms with van der Waals surface area (Å²) in [7, 11) is -3.40. The lowest BCUT2D eigenvalue weighted by Crippen LogP contribution is -2.34. The maximum Gasteiger partial charge on any atom is 0.238 e. The van der Waals surface area contributed by atoms with Gasteiger partial charge in [0.1, 0.15) is 0 Å². The number of amides is 1. The van der Waals surface area contributed by atoms with Crippen LogP contribution in [0.25, 0.3) is 0 Å². The van der Waals surface area contributed by atoms with Gasteiger partial charge in [0, 0.05) is 18.8 Å². The minimum absolute atomic E-state index is 0.144. The van der Waals surface area contributed by atoms with Gasteiger partial charge in [-0.3, -0.25) is 9.69 Å². The standard InChI is InChI=1S/C22H28N2O3S/c1-16(2)18-10-8-17(9-11-18)14-24(19-12-13-19)15-22(25)23-20-6-4-5-7-21(20)28(3,26)27/h4-11,16,19H,12-15H2,1-3H3,(H,23,25). The van der Waals surface area contributed by atoms with E-state index in [4.69, 9.17) is 0 Å². The Hall–Kier alpha value is -2.18. The first-order valence-corrected chi connectivity index (χ1v) is 11.5. The van der Waals surface area contributed by atoms with Gasteiger partial charge in [-0.05, 0) is 42.0 Å². The number of carbonyl (C=O) groups is 1. The van der Waals surface area contributed by atoms with Gasteiger partial charge in [0.15, 0.2) is 9.84 Å². The molecule has 0 aliphatic heterocycles. The molecule has 0 unspecified atom stereocenters. The van der Waals surface area contributed by atoms with Crippen LogP contribution in [0.1, 0.15) is 43.7 Å². The Morgan fingerprint density at radius 3 is 2.32 bits per heavy atom. The summed E-state index contributed by atoms with van der Waals surface area (Å²) in [5.74, 6) is 0.302. The Morgan fingerprint density at radius 2 is 1.75 bits per heavy atom. The molecule has 5 nitrogen and oxygen atoms in total. The van der Waals surface area contributed by atoms with E-state index < -0.39 is 9.84 Å². The molecule has 0 aromatic heterocycles. The van der Waals surface area contributed by atoms with Gasteiger partial charge in [-0.15, -0.1) is 0 Å². The van der Waals surface area contributed by atoms with E-state index in [0.29, 0.717) is 24.2 Å². The Balaban J connectivity index is 1.67. The highest BCUT2D eigenvalue weighted by atomic mass is 32.2. The molecule has 2 aromatic rings. The number of rotatable bonds is 8. The van der Waals surface area contributed by atoms with Crippen molar-refractivity contribution in [1.82, 2.24) is 4.90 Å². The molecule has 1 aliphatic rings. The van der Waals surface area contributed by atoms with Crippen molar-refractivity contribution in [2.24, 2.45) is 0 Å². The normalized spacial score (nSPS) is 14.5. The largest absolute Gasteiger partial charge is 0.324 e. The van der Waals surface area contributed by atoms with Crippen LogP contribution >= 0.6 is 0 Å². The van der Waals surface area contributed by atoms with E-state index in [1.165, 1.54) is 17.2 Å². The number of carbonyl (C=O) groups excluding carboxylic acids is 1. The van der Waals surface area contributed by atoms with Gasteiger partial charge in [-0.2, -0.15) is 0 Å². The Kier molecular flexibility index (Phi) is 6.20. The van der Waals surface area contributed by atoms with Crippen molar-refractivity contribution < 1.29 is 13.2 Å². The SMILES string of the molecule is CC(C)c1ccc(CN(CC(=O)Nc2ccccc2S(C)(=O)=O)C2CC2)cc1. The summed E-state index contributed by atoms with van der Waals surface area (Å²) in [5.41, 5.74) is 2.82. The zero-order valence-electron chi connectivity index (χ0n) is 16.7. The molecule has 1 amide bonds. The smallest absolute Gasteiger partial charge is 0.238 e. The fraction of sp³-hybridized carbons (Fsp3) is 0.409. The number of sulfone groups is 1. The number of hydrogen-bond donors (Lipinski definition) is 1. The predicted octanol–water partition coefficient (Wildman–Crippen LogP) is 3.82. The van der Waals surface area contributed by atoms with Gasteiger partial charge in [-0.25, -0.2) is 8.42 Å². The number of nitrogens with zero attached hydrogens (tertiary/aromatic N) is 1. The fourth-order valence-corrected chi connectivity index (χ4v) is 4.11. The maximum atomic E-state index is 12.6. The molecule has 28 heavy (non-hydrogen) atoms. The van der Waals surface area contributed by atoms with Gasteiger partial charge in [-0.1, -0.05) is 50.2 Å². The molecule has 0 bridgehead atoms. The van der Waals surface area contributed by atoms with Crippen LogP contribution < -0.4 is 5.32 Å². The zero-order valence-corrected chi connectivity index (χ0v) is 17.5. The van der Waals surface area contributed by atoms with Gasteiger partial charge < -0.3 is 5.32 Å². The minimum Gasteiger partial charge on any atom is -0.324 e. The highest BCUT2D eigenvalue weighted by molar-refractivity contribution is 7.90. The molecule has 0 heterocycles. The molecule has 1 fully saturated rings. The van der Waals surface area contributed by atoms with Crippen molar-refractivity contribution >= 4 is 21.4 Å². The van der Waals surface area contributed by atoms with E-state index >= 15 is 0 Å². The highest BCUT2D eigenvalue weighted by Gasteiger charge is 2.30. The summed E-state index contributed by atoms with van der Waals surface area (Å²) in [6, 6.07) is 15.5. The van der Waals surface area contributed by atoms with Crippen LogP contribution in [-0.4, -0.2) is 38.1 Å². The molecular weight excluding hydrogens is 372 g/mol. The quantitative estimate of drug-likeness (QED) is 0.732. The molecule has 1 saturated carbocycles. The zero-order chi connectivity index (χ0) is 20.3. The van der Waals surface area contributed by atoms with Gasteiger partial charge >= 0.3 is 0 Å². The second-order valence-corrected chi connectivity index (χ2v) is 9.83. The maximum absolute atomic E-state index is 12.6. The second-order valence-electron chi connectivity index (χ2n) is 7.85. The first kappa shape index (κ1) is 20.6. The minimum atomic E-state index is -3.40. The molecule has 0 radical (unpaired) electrons. The molecule has 150 valence electrons. The number of nitrogens with one attached hydrogen (secondary N) is 1. The third kappa shape index (κ3) is 5.42. The van der Waals surface area contributed by atoms with E-state index in [0.717, 1.165) is 19.1 Å². The Bertz CT molecular complexity index is 933. The van der Waals surface area contributed by atoms with E-state index in [9.17, 15) is 13.2 Å². The summed E-state index contributed by atoms with van der Waals surface area (Å²) < 4.78 is 23.9. The topological polar surface area (TPSA) is 66.5 Å². The van der Waals surface area contributed by atoms with Crippen LogP contribution in [0.5, 0.6) is 0 Å². The van der Waals surface area contributed by atoms with Crippen LogP contribution in [0, 0.1) is 0 Å². The molecular formula is C22H28N2O3S. The van der Waals surface area contributed by atoms with Crippen LogP contribution in [0.2, 0.25) is 0 Å². The Labute approximate surface area is 167 Å². The highest BCUT2D eigenvalue weighted by Crippen LogP contribution is 2.29. The van der Waals surface area contributed by atoms with Crippen LogP contribution in [0.15, 0.2) is 53.4 Å². The summed E-state index contributed by atoms with van der Waals surface area (Å²) in [6.07, 6.45) is 3.34. The summed E-state index contributed by atoms with van der Waals surface area (Å²) in [6.45, 7) is 5.30. The van der Waals surface area contributed by atoms with Gasteiger partial charge in [0.25, 0.3) is 0 Å². The molecule has 6 heteroatoms. The summed E-state index contributed by atoms with van der Waals surface area (Å²) >= 11 is 0. The van der Waals surface area contributed by atoms with Crippen LogP contribution in [-0.2, 0) is 21.2 Å². The monoisotopic (exact) mass is 400 g/mol. The van der Waals surface area contributed by atoms with E-state index in [-0.39, 0.29) is 17.3 Å². The predicted molar refractivity (Wildman–Crippen MR) is 112 cm³/mol. The third-order valence-corrected chi connectivity index (χ3v) is 6.16. The summed E-state index contributed by atoms with van der Waals surface area (Å²) in [4.78, 5) is 14.9. The van der Waals surface area contributed by atoms with E-state index in [2.05, 4.69) is 48.3 Å². The Morgan fingerprint density at radius 1 is 1.11 bits per heavy atom. The molecule has 0 saturated heterocycles. The van der Waals surface area contributed by atoms with Crippen molar-refractivity contribution in [3.63, 3.8) is 0 Å². The lowest BCUT2D eigenvalue weighted by atomic mass is 10.0. The first-order chi connectivity index (χ1) is 13.2. The van der Waals surface area contributed by atoms with E-state index in [1.807, 2.05) is 0 Å². The average molecular weight is 401 g/mol. The van der Waals surface area contributed by atoms with Crippen molar-refractivity contribution in [3.8, 4) is 0 Å². The molecule has 3 rings (SSSR count). The number of benzene rings is 2. The van der Waals surface area contributed by atoms with Gasteiger partial charge in [0.2, 0.25) is 5.91 Å². The second kappa shape index (κ2) is 8.45. The van der Waals surface area contributed by atoms with Gasteiger partial charge in [0.05, 0.1) is 17.1 Å². The van der Waals surface area contributed by atoms with Crippen molar-refractivity contribution in [3.05, 3.63) is 59.7 Å². The molecule has 2 aromatic carbocycles. The van der Waals surface area contributed by atoms with E-state index in [1.54, 1.807) is 18.2 Å². The fourth-order valence-electron chi connectivity index (χ4n) is 3.26. The number of hydrogen-bond acceptors (Lipinski definition) is 4.